The molecule has 0 amide bonds. The molecule has 0 rings (SSSR count). The van der Waals surface area contributed by atoms with E-state index in [1.165, 1.54) is 205 Å². The van der Waals surface area contributed by atoms with Crippen LogP contribution in [0.5, 0.6) is 0 Å². The predicted molar refractivity (Wildman–Crippen MR) is 279 cm³/mol. The molecule has 6 nitrogen and oxygen atoms in total. The van der Waals surface area contributed by atoms with Gasteiger partial charge in [0, 0.05) is 19.3 Å². The van der Waals surface area contributed by atoms with Crippen LogP contribution in [0.4, 0.5) is 0 Å². The lowest BCUT2D eigenvalue weighted by atomic mass is 9.99. The van der Waals surface area contributed by atoms with E-state index in [1.54, 1.807) is 0 Å². The van der Waals surface area contributed by atoms with Crippen molar-refractivity contribution in [2.24, 2.45) is 17.8 Å². The van der Waals surface area contributed by atoms with Crippen LogP contribution >= 0.6 is 0 Å². The first kappa shape index (κ1) is 63.4. The SMILES string of the molecule is CCC(C)CCCCCCCCCCCCCCCCCCCCC(=O)O[C@H](COC(=O)CCCCCCCCCCCCCCC(C)C)COC(=O)CCCCCCCCCC(C)C. The quantitative estimate of drug-likeness (QED) is 0.0344. The lowest BCUT2D eigenvalue weighted by molar-refractivity contribution is -0.167. The Hall–Kier alpha value is -1.59. The Balaban J connectivity index is 4.22. The van der Waals surface area contributed by atoms with Crippen molar-refractivity contribution in [1.82, 2.24) is 0 Å². The number of hydrogen-bond acceptors (Lipinski definition) is 6. The van der Waals surface area contributed by atoms with Crippen LogP contribution in [-0.4, -0.2) is 37.2 Å². The zero-order valence-electron chi connectivity index (χ0n) is 44.8. The Labute approximate surface area is 406 Å². The Morgan fingerprint density at radius 2 is 0.538 bits per heavy atom. The highest BCUT2D eigenvalue weighted by atomic mass is 16.6. The largest absolute Gasteiger partial charge is 0.462 e. The lowest BCUT2D eigenvalue weighted by Crippen LogP contribution is -2.30. The summed E-state index contributed by atoms with van der Waals surface area (Å²) in [5.74, 6) is 1.68. The van der Waals surface area contributed by atoms with Crippen molar-refractivity contribution in [1.29, 1.82) is 0 Å². The monoisotopic (exact) mass is 919 g/mol. The summed E-state index contributed by atoms with van der Waals surface area (Å²) in [5.41, 5.74) is 0. The van der Waals surface area contributed by atoms with E-state index < -0.39 is 6.10 Å². The topological polar surface area (TPSA) is 78.9 Å². The fraction of sp³-hybridized carbons (Fsp3) is 0.949. The van der Waals surface area contributed by atoms with E-state index in [-0.39, 0.29) is 31.1 Å². The van der Waals surface area contributed by atoms with Gasteiger partial charge in [0.2, 0.25) is 0 Å². The number of rotatable bonds is 52. The van der Waals surface area contributed by atoms with E-state index in [9.17, 15) is 14.4 Å². The molecule has 0 radical (unpaired) electrons. The number of unbranched alkanes of at least 4 members (excludes halogenated alkanes) is 34. The van der Waals surface area contributed by atoms with Crippen LogP contribution in [0, 0.1) is 17.8 Å². The molecule has 2 atom stereocenters. The first-order chi connectivity index (χ1) is 31.6. The van der Waals surface area contributed by atoms with Gasteiger partial charge < -0.3 is 14.2 Å². The van der Waals surface area contributed by atoms with Crippen molar-refractivity contribution in [2.75, 3.05) is 13.2 Å². The third kappa shape index (κ3) is 51.6. The molecule has 0 aromatic heterocycles. The van der Waals surface area contributed by atoms with Crippen molar-refractivity contribution in [2.45, 2.75) is 330 Å². The maximum Gasteiger partial charge on any atom is 0.306 e. The molecule has 1 unspecified atom stereocenters. The van der Waals surface area contributed by atoms with Gasteiger partial charge in [-0.3, -0.25) is 14.4 Å². The smallest absolute Gasteiger partial charge is 0.306 e. The standard InChI is InChI=1S/C59H114O6/c1-7-55(6)47-41-35-29-23-19-14-12-10-8-9-11-13-15-21-25-31-38-44-50-59(62)65-56(52-64-58(61)49-43-37-32-26-28-34-40-46-54(4)5)51-63-57(60)48-42-36-30-24-20-17-16-18-22-27-33-39-45-53(2)3/h53-56H,7-52H2,1-6H3/t55?,56-/m1/s1. The first-order valence-corrected chi connectivity index (χ1v) is 29.1. The van der Waals surface area contributed by atoms with Gasteiger partial charge in [-0.25, -0.2) is 0 Å². The number of esters is 3. The number of carbonyl (C=O) groups is 3. The molecule has 0 N–H and O–H groups in total. The highest BCUT2D eigenvalue weighted by molar-refractivity contribution is 5.71. The Kier molecular flexibility index (Phi) is 49.1. The van der Waals surface area contributed by atoms with Gasteiger partial charge in [0.15, 0.2) is 6.10 Å². The molecule has 65 heavy (non-hydrogen) atoms. The highest BCUT2D eigenvalue weighted by Gasteiger charge is 2.19. The van der Waals surface area contributed by atoms with Crippen LogP contribution in [0.25, 0.3) is 0 Å². The van der Waals surface area contributed by atoms with Crippen LogP contribution < -0.4 is 0 Å². The zero-order chi connectivity index (χ0) is 47.7. The minimum atomic E-state index is -0.764. The van der Waals surface area contributed by atoms with Gasteiger partial charge in [-0.15, -0.1) is 0 Å². The van der Waals surface area contributed by atoms with Crippen molar-refractivity contribution in [3.63, 3.8) is 0 Å². The van der Waals surface area contributed by atoms with Gasteiger partial charge in [-0.1, -0.05) is 286 Å². The van der Waals surface area contributed by atoms with E-state index in [2.05, 4.69) is 41.5 Å². The van der Waals surface area contributed by atoms with Crippen LogP contribution in [0.2, 0.25) is 0 Å². The summed E-state index contributed by atoms with van der Waals surface area (Å²) in [7, 11) is 0. The van der Waals surface area contributed by atoms with E-state index >= 15 is 0 Å². The van der Waals surface area contributed by atoms with Crippen LogP contribution in [0.3, 0.4) is 0 Å². The fourth-order valence-corrected chi connectivity index (χ4v) is 8.97. The third-order valence-electron chi connectivity index (χ3n) is 13.8. The van der Waals surface area contributed by atoms with Crippen LogP contribution in [0.15, 0.2) is 0 Å². The molecule has 0 saturated carbocycles. The molecule has 6 heteroatoms. The Morgan fingerprint density at radius 1 is 0.308 bits per heavy atom. The fourth-order valence-electron chi connectivity index (χ4n) is 8.97. The summed E-state index contributed by atoms with van der Waals surface area (Å²) in [5, 5.41) is 0. The molecule has 0 aromatic carbocycles. The maximum absolute atomic E-state index is 12.8. The predicted octanol–water partition coefficient (Wildman–Crippen LogP) is 19.1. The van der Waals surface area contributed by atoms with E-state index in [0.717, 1.165) is 75.5 Å². The lowest BCUT2D eigenvalue weighted by Gasteiger charge is -2.18. The molecule has 0 aliphatic rings. The van der Waals surface area contributed by atoms with Gasteiger partial charge in [0.1, 0.15) is 13.2 Å². The van der Waals surface area contributed by atoms with Crippen molar-refractivity contribution >= 4 is 17.9 Å². The molecule has 0 bridgehead atoms. The van der Waals surface area contributed by atoms with E-state index in [4.69, 9.17) is 14.2 Å². The molecular weight excluding hydrogens is 805 g/mol. The summed E-state index contributed by atoms with van der Waals surface area (Å²) in [6, 6.07) is 0. The highest BCUT2D eigenvalue weighted by Crippen LogP contribution is 2.19. The summed E-state index contributed by atoms with van der Waals surface area (Å²) in [6.07, 6.45) is 52.5. The molecule has 0 heterocycles. The summed E-state index contributed by atoms with van der Waals surface area (Å²) in [6.45, 7) is 13.8. The molecule has 0 aliphatic heterocycles. The minimum absolute atomic E-state index is 0.0643. The number of ether oxygens (including phenoxy) is 3. The maximum atomic E-state index is 12.8. The zero-order valence-corrected chi connectivity index (χ0v) is 44.8. The van der Waals surface area contributed by atoms with E-state index in [1.807, 2.05) is 0 Å². The normalized spacial score (nSPS) is 12.6. The Bertz CT molecular complexity index is 1010. The second-order valence-corrected chi connectivity index (χ2v) is 21.5. The third-order valence-corrected chi connectivity index (χ3v) is 13.8. The van der Waals surface area contributed by atoms with Gasteiger partial charge in [0.25, 0.3) is 0 Å². The molecule has 0 fully saturated rings. The molecule has 0 spiro atoms. The average molecular weight is 920 g/mol. The molecule has 0 saturated heterocycles. The van der Waals surface area contributed by atoms with Gasteiger partial charge in [0.05, 0.1) is 0 Å². The van der Waals surface area contributed by atoms with Gasteiger partial charge >= 0.3 is 17.9 Å². The van der Waals surface area contributed by atoms with Crippen molar-refractivity contribution in [3.8, 4) is 0 Å². The molecule has 0 aromatic rings. The minimum Gasteiger partial charge on any atom is -0.462 e. The van der Waals surface area contributed by atoms with Gasteiger partial charge in [-0.2, -0.15) is 0 Å². The average Bonchev–Trinajstić information content (AvgIpc) is 3.28. The van der Waals surface area contributed by atoms with Crippen LogP contribution in [0.1, 0.15) is 324 Å². The van der Waals surface area contributed by atoms with Crippen molar-refractivity contribution in [3.05, 3.63) is 0 Å². The Morgan fingerprint density at radius 3 is 0.800 bits per heavy atom. The molecule has 386 valence electrons. The van der Waals surface area contributed by atoms with Crippen LogP contribution in [-0.2, 0) is 28.6 Å². The van der Waals surface area contributed by atoms with E-state index in [0.29, 0.717) is 19.3 Å². The first-order valence-electron chi connectivity index (χ1n) is 29.1. The van der Waals surface area contributed by atoms with Gasteiger partial charge in [-0.05, 0) is 37.0 Å². The van der Waals surface area contributed by atoms with Crippen molar-refractivity contribution < 1.29 is 28.6 Å². The summed E-state index contributed by atoms with van der Waals surface area (Å²) >= 11 is 0. The second kappa shape index (κ2) is 50.3. The summed E-state index contributed by atoms with van der Waals surface area (Å²) < 4.78 is 16.9. The molecule has 0 aliphatic carbocycles. The number of carbonyl (C=O) groups excluding carboxylic acids is 3. The molecular formula is C59H114O6. The second-order valence-electron chi connectivity index (χ2n) is 21.5. The number of hydrogen-bond donors (Lipinski definition) is 0. The summed E-state index contributed by atoms with van der Waals surface area (Å²) in [4.78, 5) is 38.1.